The highest BCUT2D eigenvalue weighted by atomic mass is 19.1. The number of piperazine rings is 1. The molecule has 1 aromatic heterocycles. The summed E-state index contributed by atoms with van der Waals surface area (Å²) in [4.78, 5) is 21.6. The van der Waals surface area contributed by atoms with Crippen molar-refractivity contribution in [2.24, 2.45) is 0 Å². The Labute approximate surface area is 213 Å². The SMILES string of the molecule is CCc1cc(OCCN2CCN(C)CC2)ccc1-c1ccc(CC(=O)NCc2cccc(F)c2)nc1. The number of carbonyl (C=O) groups excluding carboxylic acids is 1. The van der Waals surface area contributed by atoms with Crippen molar-refractivity contribution >= 4 is 5.91 Å². The summed E-state index contributed by atoms with van der Waals surface area (Å²) >= 11 is 0. The lowest BCUT2D eigenvalue weighted by Gasteiger charge is -2.32. The first kappa shape index (κ1) is 25.8. The van der Waals surface area contributed by atoms with Crippen LogP contribution < -0.4 is 10.1 Å². The van der Waals surface area contributed by atoms with Gasteiger partial charge in [0.1, 0.15) is 18.2 Å². The van der Waals surface area contributed by atoms with Gasteiger partial charge in [-0.05, 0) is 60.5 Å². The molecule has 6 nitrogen and oxygen atoms in total. The summed E-state index contributed by atoms with van der Waals surface area (Å²) in [5.74, 6) is 0.437. The summed E-state index contributed by atoms with van der Waals surface area (Å²) in [6.45, 7) is 8.47. The maximum Gasteiger partial charge on any atom is 0.226 e. The van der Waals surface area contributed by atoms with Gasteiger partial charge in [-0.15, -0.1) is 0 Å². The van der Waals surface area contributed by atoms with E-state index in [1.54, 1.807) is 12.1 Å². The van der Waals surface area contributed by atoms with Gasteiger partial charge in [-0.2, -0.15) is 0 Å². The molecular formula is C29H35FN4O2. The average Bonchev–Trinajstić information content (AvgIpc) is 2.89. The molecule has 2 heterocycles. The van der Waals surface area contributed by atoms with Crippen molar-refractivity contribution in [1.29, 1.82) is 0 Å². The third-order valence-corrected chi connectivity index (χ3v) is 6.59. The van der Waals surface area contributed by atoms with E-state index in [0.29, 0.717) is 18.8 Å². The molecule has 0 unspecified atom stereocenters. The van der Waals surface area contributed by atoms with E-state index in [1.165, 1.54) is 17.7 Å². The molecule has 1 saturated heterocycles. The number of rotatable bonds is 10. The Morgan fingerprint density at radius 2 is 1.92 bits per heavy atom. The van der Waals surface area contributed by atoms with Crippen LogP contribution in [0.4, 0.5) is 4.39 Å². The Balaban J connectivity index is 1.30. The first-order valence-electron chi connectivity index (χ1n) is 12.6. The van der Waals surface area contributed by atoms with Gasteiger partial charge in [0.05, 0.1) is 6.42 Å². The number of ether oxygens (including phenoxy) is 1. The van der Waals surface area contributed by atoms with E-state index >= 15 is 0 Å². The van der Waals surface area contributed by atoms with Gasteiger partial charge in [0.15, 0.2) is 0 Å². The number of aryl methyl sites for hydroxylation is 1. The lowest BCUT2D eigenvalue weighted by molar-refractivity contribution is -0.120. The molecule has 2 aromatic carbocycles. The normalized spacial score (nSPS) is 14.5. The Bertz CT molecular complexity index is 1140. The molecule has 7 heteroatoms. The highest BCUT2D eigenvalue weighted by molar-refractivity contribution is 5.78. The standard InChI is InChI=1S/C29H35FN4O2/c1-3-23-18-27(36-16-15-34-13-11-33(2)12-14-34)9-10-28(23)24-7-8-26(31-21-24)19-29(35)32-20-22-5-4-6-25(30)17-22/h4-10,17-18,21H,3,11-16,19-20H2,1-2H3,(H,32,35). The molecule has 0 radical (unpaired) electrons. The van der Waals surface area contributed by atoms with E-state index in [2.05, 4.69) is 46.2 Å². The van der Waals surface area contributed by atoms with Crippen LogP contribution in [0.5, 0.6) is 5.75 Å². The van der Waals surface area contributed by atoms with E-state index in [0.717, 1.165) is 61.6 Å². The summed E-state index contributed by atoms with van der Waals surface area (Å²) in [6, 6.07) is 16.3. The zero-order chi connectivity index (χ0) is 25.3. The van der Waals surface area contributed by atoms with Gasteiger partial charge in [-0.3, -0.25) is 14.7 Å². The predicted molar refractivity (Wildman–Crippen MR) is 140 cm³/mol. The molecular weight excluding hydrogens is 455 g/mol. The molecule has 1 fully saturated rings. The fourth-order valence-corrected chi connectivity index (χ4v) is 4.36. The maximum atomic E-state index is 13.3. The second kappa shape index (κ2) is 12.6. The number of amides is 1. The van der Waals surface area contributed by atoms with E-state index in [9.17, 15) is 9.18 Å². The second-order valence-corrected chi connectivity index (χ2v) is 9.29. The highest BCUT2D eigenvalue weighted by Crippen LogP contribution is 2.28. The van der Waals surface area contributed by atoms with Crippen LogP contribution in [-0.2, 0) is 24.2 Å². The number of pyridine rings is 1. The molecule has 0 bridgehead atoms. The summed E-state index contributed by atoms with van der Waals surface area (Å²) in [5.41, 5.74) is 4.76. The second-order valence-electron chi connectivity index (χ2n) is 9.29. The summed E-state index contributed by atoms with van der Waals surface area (Å²) in [5, 5.41) is 2.82. The van der Waals surface area contributed by atoms with Crippen LogP contribution in [0.3, 0.4) is 0 Å². The number of likely N-dealkylation sites (N-methyl/N-ethyl adjacent to an activating group) is 1. The average molecular weight is 491 g/mol. The van der Waals surface area contributed by atoms with E-state index in [4.69, 9.17) is 4.74 Å². The molecule has 1 N–H and O–H groups in total. The zero-order valence-electron chi connectivity index (χ0n) is 21.2. The van der Waals surface area contributed by atoms with Crippen molar-refractivity contribution in [3.63, 3.8) is 0 Å². The Morgan fingerprint density at radius 3 is 2.64 bits per heavy atom. The number of hydrogen-bond acceptors (Lipinski definition) is 5. The Hall–Kier alpha value is -3.29. The first-order valence-corrected chi connectivity index (χ1v) is 12.6. The predicted octanol–water partition coefficient (Wildman–Crippen LogP) is 3.94. The van der Waals surface area contributed by atoms with Crippen LogP contribution in [-0.4, -0.2) is 67.1 Å². The minimum atomic E-state index is -0.310. The van der Waals surface area contributed by atoms with Crippen LogP contribution in [0.1, 0.15) is 23.7 Å². The van der Waals surface area contributed by atoms with Crippen molar-refractivity contribution < 1.29 is 13.9 Å². The minimum Gasteiger partial charge on any atom is -0.492 e. The van der Waals surface area contributed by atoms with Gasteiger partial charge in [0.2, 0.25) is 5.91 Å². The van der Waals surface area contributed by atoms with Crippen LogP contribution in [0.2, 0.25) is 0 Å². The number of carbonyl (C=O) groups is 1. The molecule has 3 aromatic rings. The molecule has 0 saturated carbocycles. The Kier molecular flexibility index (Phi) is 9.03. The molecule has 0 aliphatic carbocycles. The van der Waals surface area contributed by atoms with E-state index in [1.807, 2.05) is 24.4 Å². The van der Waals surface area contributed by atoms with Crippen LogP contribution in [0, 0.1) is 5.82 Å². The number of benzene rings is 2. The Morgan fingerprint density at radius 1 is 1.08 bits per heavy atom. The smallest absolute Gasteiger partial charge is 0.226 e. The molecule has 0 spiro atoms. The molecule has 4 rings (SSSR count). The number of nitrogens with one attached hydrogen (secondary N) is 1. The van der Waals surface area contributed by atoms with Gasteiger partial charge >= 0.3 is 0 Å². The van der Waals surface area contributed by atoms with Gasteiger partial charge in [0.25, 0.3) is 0 Å². The quantitative estimate of drug-likeness (QED) is 0.467. The van der Waals surface area contributed by atoms with Crippen LogP contribution in [0.15, 0.2) is 60.8 Å². The number of halogens is 1. The van der Waals surface area contributed by atoms with Crippen molar-refractivity contribution in [3.8, 4) is 16.9 Å². The monoisotopic (exact) mass is 490 g/mol. The first-order chi connectivity index (χ1) is 17.5. The van der Waals surface area contributed by atoms with Gasteiger partial charge in [-0.1, -0.05) is 31.2 Å². The largest absolute Gasteiger partial charge is 0.492 e. The van der Waals surface area contributed by atoms with Gasteiger partial charge in [-0.25, -0.2) is 4.39 Å². The number of hydrogen-bond donors (Lipinski definition) is 1. The van der Waals surface area contributed by atoms with Crippen molar-refractivity contribution in [3.05, 3.63) is 83.4 Å². The highest BCUT2D eigenvalue weighted by Gasteiger charge is 2.14. The molecule has 1 amide bonds. The maximum absolute atomic E-state index is 13.3. The molecule has 1 aliphatic heterocycles. The van der Waals surface area contributed by atoms with E-state index < -0.39 is 0 Å². The topological polar surface area (TPSA) is 57.7 Å². The lowest BCUT2D eigenvalue weighted by Crippen LogP contribution is -2.45. The molecule has 1 aliphatic rings. The van der Waals surface area contributed by atoms with Crippen molar-refractivity contribution in [2.75, 3.05) is 46.4 Å². The fraction of sp³-hybridized carbons (Fsp3) is 0.379. The van der Waals surface area contributed by atoms with Gasteiger partial charge < -0.3 is 15.0 Å². The molecule has 36 heavy (non-hydrogen) atoms. The summed E-state index contributed by atoms with van der Waals surface area (Å²) in [6.07, 6.45) is 2.88. The molecule has 190 valence electrons. The number of nitrogens with zero attached hydrogens (tertiary/aromatic N) is 3. The summed E-state index contributed by atoms with van der Waals surface area (Å²) in [7, 11) is 2.17. The van der Waals surface area contributed by atoms with Crippen molar-refractivity contribution in [1.82, 2.24) is 20.1 Å². The van der Waals surface area contributed by atoms with E-state index in [-0.39, 0.29) is 18.1 Å². The zero-order valence-corrected chi connectivity index (χ0v) is 21.2. The van der Waals surface area contributed by atoms with Crippen LogP contribution >= 0.6 is 0 Å². The van der Waals surface area contributed by atoms with Gasteiger partial charge in [0, 0.05) is 56.7 Å². The summed E-state index contributed by atoms with van der Waals surface area (Å²) < 4.78 is 19.4. The molecule has 0 atom stereocenters. The van der Waals surface area contributed by atoms with Crippen LogP contribution in [0.25, 0.3) is 11.1 Å². The lowest BCUT2D eigenvalue weighted by atomic mass is 9.98. The fourth-order valence-electron chi connectivity index (χ4n) is 4.36. The number of aromatic nitrogens is 1. The third-order valence-electron chi connectivity index (χ3n) is 6.59. The minimum absolute atomic E-state index is 0.146. The third kappa shape index (κ3) is 7.35. The van der Waals surface area contributed by atoms with Crippen molar-refractivity contribution in [2.45, 2.75) is 26.3 Å².